The molecule has 0 radical (unpaired) electrons. The normalized spacial score (nSPS) is 25.3. The molecule has 6 nitrogen and oxygen atoms in total. The van der Waals surface area contributed by atoms with Crippen LogP contribution in [0.15, 0.2) is 0 Å². The van der Waals surface area contributed by atoms with Crippen LogP contribution < -0.4 is 16.2 Å². The van der Waals surface area contributed by atoms with E-state index in [0.29, 0.717) is 29.3 Å². The molecular weight excluding hydrogens is 352 g/mol. The van der Waals surface area contributed by atoms with Crippen molar-refractivity contribution in [1.82, 2.24) is 0 Å². The number of carboxylic acids is 1. The van der Waals surface area contributed by atoms with Gasteiger partial charge in [-0.05, 0) is 43.6 Å². The first-order valence-electron chi connectivity index (χ1n) is 9.38. The van der Waals surface area contributed by atoms with Crippen molar-refractivity contribution in [3.63, 3.8) is 0 Å². The van der Waals surface area contributed by atoms with Crippen molar-refractivity contribution in [2.75, 3.05) is 5.32 Å². The number of aliphatic carboxylic acids is 1. The molecule has 0 spiro atoms. The average molecular weight is 377 g/mol. The second-order valence-electron chi connectivity index (χ2n) is 7.39. The maximum atomic E-state index is 12.7. The van der Waals surface area contributed by atoms with E-state index in [1.54, 1.807) is 0 Å². The van der Waals surface area contributed by atoms with Crippen LogP contribution in [0, 0.1) is 17.8 Å². The molecule has 0 unspecified atom stereocenters. The number of thiophene rings is 1. The standard InChI is InChI=1S/C19H26N2O4S/c1-2-10-7-8-13-14(9-10)26-18(15(13)16(20)22)21-17(23)11-5-3-4-6-12(11)19(24)25/h10-12H,2-9H2,1H3,(H2,20,22)(H,21,23)(H,24,25)/p-1/t10-,11+,12-/m0/s1. The number of carbonyl (C=O) groups excluding carboxylic acids is 3. The Labute approximate surface area is 157 Å². The zero-order chi connectivity index (χ0) is 18.8. The van der Waals surface area contributed by atoms with Gasteiger partial charge in [0, 0.05) is 22.7 Å². The van der Waals surface area contributed by atoms with Crippen LogP contribution in [-0.2, 0) is 22.4 Å². The van der Waals surface area contributed by atoms with Gasteiger partial charge in [-0.25, -0.2) is 0 Å². The summed E-state index contributed by atoms with van der Waals surface area (Å²) in [5, 5.41) is 14.7. The fourth-order valence-electron chi connectivity index (χ4n) is 4.28. The molecule has 7 heteroatoms. The Kier molecular flexibility index (Phi) is 5.65. The maximum absolute atomic E-state index is 12.7. The lowest BCUT2D eigenvalue weighted by atomic mass is 9.78. The molecule has 1 aromatic rings. The number of primary amides is 1. The third-order valence-electron chi connectivity index (χ3n) is 5.83. The van der Waals surface area contributed by atoms with Gasteiger partial charge in [0.15, 0.2) is 0 Å². The number of carbonyl (C=O) groups is 3. The Bertz CT molecular complexity index is 727. The number of anilines is 1. The number of amides is 2. The van der Waals surface area contributed by atoms with Gasteiger partial charge >= 0.3 is 0 Å². The van der Waals surface area contributed by atoms with Crippen molar-refractivity contribution >= 4 is 34.1 Å². The van der Waals surface area contributed by atoms with Crippen LogP contribution in [0.25, 0.3) is 0 Å². The Morgan fingerprint density at radius 3 is 2.50 bits per heavy atom. The lowest BCUT2D eigenvalue weighted by molar-refractivity contribution is -0.313. The molecule has 1 aromatic heterocycles. The monoisotopic (exact) mass is 377 g/mol. The molecule has 2 aliphatic rings. The summed E-state index contributed by atoms with van der Waals surface area (Å²) in [6.45, 7) is 2.16. The van der Waals surface area contributed by atoms with E-state index in [-0.39, 0.29) is 5.91 Å². The molecule has 0 aliphatic heterocycles. The Balaban J connectivity index is 1.85. The minimum atomic E-state index is -1.17. The molecule has 1 heterocycles. The van der Waals surface area contributed by atoms with Crippen LogP contribution in [0.5, 0.6) is 0 Å². The lowest BCUT2D eigenvalue weighted by Crippen LogP contribution is -2.42. The van der Waals surface area contributed by atoms with Crippen molar-refractivity contribution in [2.45, 2.75) is 58.3 Å². The van der Waals surface area contributed by atoms with Gasteiger partial charge in [0.05, 0.1) is 5.56 Å². The van der Waals surface area contributed by atoms with E-state index in [0.717, 1.165) is 49.0 Å². The molecule has 1 fully saturated rings. The number of carboxylic acid groups (broad SMARTS) is 1. The van der Waals surface area contributed by atoms with Gasteiger partial charge in [-0.3, -0.25) is 9.59 Å². The SMILES string of the molecule is CC[C@H]1CCc2c(sc(NC(=O)[C@@H]3CCCC[C@@H]3C(=O)[O-])c2C(N)=O)C1. The van der Waals surface area contributed by atoms with Gasteiger partial charge in [0.1, 0.15) is 5.00 Å². The summed E-state index contributed by atoms with van der Waals surface area (Å²) >= 11 is 1.42. The van der Waals surface area contributed by atoms with Crippen molar-refractivity contribution in [3.8, 4) is 0 Å². The third kappa shape index (κ3) is 3.63. The minimum absolute atomic E-state index is 0.341. The summed E-state index contributed by atoms with van der Waals surface area (Å²) in [4.78, 5) is 37.2. The summed E-state index contributed by atoms with van der Waals surface area (Å²) in [5.74, 6) is -2.83. The summed E-state index contributed by atoms with van der Waals surface area (Å²) in [6.07, 6.45) is 6.40. The number of hydrogen-bond donors (Lipinski definition) is 2. The average Bonchev–Trinajstić information content (AvgIpc) is 2.98. The lowest BCUT2D eigenvalue weighted by Gasteiger charge is -2.31. The quantitative estimate of drug-likeness (QED) is 0.815. The van der Waals surface area contributed by atoms with E-state index in [1.165, 1.54) is 11.3 Å². The van der Waals surface area contributed by atoms with Crippen LogP contribution in [0.3, 0.4) is 0 Å². The van der Waals surface area contributed by atoms with Crippen molar-refractivity contribution in [1.29, 1.82) is 0 Å². The smallest absolute Gasteiger partial charge is 0.251 e. The van der Waals surface area contributed by atoms with E-state index in [1.807, 2.05) is 0 Å². The van der Waals surface area contributed by atoms with Gasteiger partial charge in [0.25, 0.3) is 5.91 Å². The zero-order valence-electron chi connectivity index (χ0n) is 15.0. The second kappa shape index (κ2) is 7.78. The molecule has 0 saturated heterocycles. The first-order valence-corrected chi connectivity index (χ1v) is 10.2. The van der Waals surface area contributed by atoms with Crippen LogP contribution in [0.1, 0.15) is 66.2 Å². The van der Waals surface area contributed by atoms with Crippen LogP contribution >= 0.6 is 11.3 Å². The van der Waals surface area contributed by atoms with Gasteiger partial charge in [0.2, 0.25) is 5.91 Å². The number of hydrogen-bond acceptors (Lipinski definition) is 5. The Hall–Kier alpha value is -1.89. The fraction of sp³-hybridized carbons (Fsp3) is 0.632. The molecule has 142 valence electrons. The molecule has 1 saturated carbocycles. The molecular formula is C19H25N2O4S-. The van der Waals surface area contributed by atoms with Crippen molar-refractivity contribution in [2.24, 2.45) is 23.5 Å². The number of nitrogens with one attached hydrogen (secondary N) is 1. The largest absolute Gasteiger partial charge is 0.550 e. The molecule has 3 atom stereocenters. The second-order valence-corrected chi connectivity index (χ2v) is 8.50. The molecule has 3 N–H and O–H groups in total. The molecule has 3 rings (SSSR count). The highest BCUT2D eigenvalue weighted by Crippen LogP contribution is 2.41. The minimum Gasteiger partial charge on any atom is -0.550 e. The Morgan fingerprint density at radius 1 is 1.19 bits per heavy atom. The van der Waals surface area contributed by atoms with E-state index in [9.17, 15) is 19.5 Å². The number of fused-ring (bicyclic) bond motifs is 1. The fourth-order valence-corrected chi connectivity index (χ4v) is 5.65. The first kappa shape index (κ1) is 18.9. The zero-order valence-corrected chi connectivity index (χ0v) is 15.8. The first-order chi connectivity index (χ1) is 12.4. The predicted octanol–water partition coefficient (Wildman–Crippen LogP) is 1.86. The number of nitrogens with two attached hydrogens (primary N) is 1. The highest BCUT2D eigenvalue weighted by atomic mass is 32.1. The van der Waals surface area contributed by atoms with Crippen LogP contribution in [0.4, 0.5) is 5.00 Å². The highest BCUT2D eigenvalue weighted by Gasteiger charge is 2.34. The van der Waals surface area contributed by atoms with E-state index < -0.39 is 23.7 Å². The van der Waals surface area contributed by atoms with Gasteiger partial charge in [-0.15, -0.1) is 11.3 Å². The van der Waals surface area contributed by atoms with Gasteiger partial charge in [-0.1, -0.05) is 26.2 Å². The topological polar surface area (TPSA) is 112 Å². The Morgan fingerprint density at radius 2 is 1.88 bits per heavy atom. The maximum Gasteiger partial charge on any atom is 0.251 e. The van der Waals surface area contributed by atoms with Gasteiger partial charge in [-0.2, -0.15) is 0 Å². The van der Waals surface area contributed by atoms with Crippen LogP contribution in [0.2, 0.25) is 0 Å². The van der Waals surface area contributed by atoms with E-state index >= 15 is 0 Å². The summed E-state index contributed by atoms with van der Waals surface area (Å²) in [7, 11) is 0. The molecule has 26 heavy (non-hydrogen) atoms. The van der Waals surface area contributed by atoms with Crippen molar-refractivity contribution < 1.29 is 19.5 Å². The van der Waals surface area contributed by atoms with Gasteiger partial charge < -0.3 is 21.0 Å². The summed E-state index contributed by atoms with van der Waals surface area (Å²) in [6, 6.07) is 0. The van der Waals surface area contributed by atoms with E-state index in [4.69, 9.17) is 5.73 Å². The predicted molar refractivity (Wildman–Crippen MR) is 97.7 cm³/mol. The highest BCUT2D eigenvalue weighted by molar-refractivity contribution is 7.17. The summed E-state index contributed by atoms with van der Waals surface area (Å²) < 4.78 is 0. The molecule has 2 aliphatic carbocycles. The van der Waals surface area contributed by atoms with Crippen molar-refractivity contribution in [3.05, 3.63) is 16.0 Å². The van der Waals surface area contributed by atoms with E-state index in [2.05, 4.69) is 12.2 Å². The molecule has 0 aromatic carbocycles. The number of rotatable bonds is 5. The summed E-state index contributed by atoms with van der Waals surface area (Å²) in [5.41, 5.74) is 6.96. The van der Waals surface area contributed by atoms with Crippen LogP contribution in [-0.4, -0.2) is 17.8 Å². The third-order valence-corrected chi connectivity index (χ3v) is 7.00. The molecule has 2 amide bonds. The molecule has 0 bridgehead atoms.